The molecular formula is C19H24N4O3S2. The average molecular weight is 421 g/mol. The fraction of sp³-hybridized carbons (Fsp3) is 0.421. The highest BCUT2D eigenvalue weighted by molar-refractivity contribution is 7.99. The maximum absolute atomic E-state index is 12.5. The summed E-state index contributed by atoms with van der Waals surface area (Å²) in [5.74, 6) is 3.14. The molecule has 0 spiro atoms. The standard InChI is InChI=1S/C19H24N4O3S2/c1-26-8-7-20-17(24)9-23-19(15-11-28-12-16(15)22-23)21-18(25)13-27-10-14-5-3-2-4-6-14/h2-6H,7-13H2,1H3,(H,20,24)(H,21,25). The average Bonchev–Trinajstić information content (AvgIpc) is 3.26. The van der Waals surface area contributed by atoms with Crippen molar-refractivity contribution in [3.05, 3.63) is 47.2 Å². The van der Waals surface area contributed by atoms with Gasteiger partial charge in [0.05, 0.1) is 18.1 Å². The number of hydrogen-bond acceptors (Lipinski definition) is 6. The topological polar surface area (TPSA) is 85.2 Å². The monoisotopic (exact) mass is 420 g/mol. The lowest BCUT2D eigenvalue weighted by Gasteiger charge is -2.11. The van der Waals surface area contributed by atoms with Crippen LogP contribution in [0.15, 0.2) is 30.3 Å². The maximum atomic E-state index is 12.5. The van der Waals surface area contributed by atoms with Gasteiger partial charge < -0.3 is 15.4 Å². The second-order valence-corrected chi connectivity index (χ2v) is 8.26. The van der Waals surface area contributed by atoms with Crippen LogP contribution in [0.25, 0.3) is 0 Å². The molecule has 7 nitrogen and oxygen atoms in total. The number of benzene rings is 1. The zero-order valence-electron chi connectivity index (χ0n) is 15.8. The number of hydrogen-bond donors (Lipinski definition) is 2. The van der Waals surface area contributed by atoms with Gasteiger partial charge in [-0.05, 0) is 5.56 Å². The van der Waals surface area contributed by atoms with E-state index in [1.807, 2.05) is 30.3 Å². The molecule has 28 heavy (non-hydrogen) atoms. The number of ether oxygens (including phenoxy) is 1. The first-order valence-corrected chi connectivity index (χ1v) is 11.3. The van der Waals surface area contributed by atoms with Gasteiger partial charge in [-0.1, -0.05) is 30.3 Å². The molecule has 3 rings (SSSR count). The highest BCUT2D eigenvalue weighted by Gasteiger charge is 2.24. The molecule has 1 aliphatic heterocycles. The Morgan fingerprint density at radius 2 is 2.07 bits per heavy atom. The summed E-state index contributed by atoms with van der Waals surface area (Å²) in [6.07, 6.45) is 0. The van der Waals surface area contributed by atoms with Gasteiger partial charge in [0, 0.05) is 36.5 Å². The van der Waals surface area contributed by atoms with Gasteiger partial charge in [0.1, 0.15) is 12.4 Å². The molecule has 0 atom stereocenters. The fourth-order valence-electron chi connectivity index (χ4n) is 2.81. The Balaban J connectivity index is 1.57. The molecule has 0 fully saturated rings. The van der Waals surface area contributed by atoms with Crippen molar-refractivity contribution in [2.75, 3.05) is 31.3 Å². The van der Waals surface area contributed by atoms with E-state index in [0.29, 0.717) is 24.7 Å². The third kappa shape index (κ3) is 5.76. The van der Waals surface area contributed by atoms with Crippen LogP contribution < -0.4 is 10.6 Å². The van der Waals surface area contributed by atoms with Crippen LogP contribution in [0.5, 0.6) is 0 Å². The lowest BCUT2D eigenvalue weighted by molar-refractivity contribution is -0.122. The van der Waals surface area contributed by atoms with E-state index in [9.17, 15) is 9.59 Å². The number of thioether (sulfide) groups is 2. The summed E-state index contributed by atoms with van der Waals surface area (Å²) in [4.78, 5) is 24.6. The van der Waals surface area contributed by atoms with E-state index in [-0.39, 0.29) is 18.4 Å². The number of anilines is 1. The summed E-state index contributed by atoms with van der Waals surface area (Å²) in [6, 6.07) is 10.1. The molecule has 2 amide bonds. The van der Waals surface area contributed by atoms with E-state index in [1.54, 1.807) is 35.3 Å². The van der Waals surface area contributed by atoms with Crippen molar-refractivity contribution in [2.45, 2.75) is 23.8 Å². The quantitative estimate of drug-likeness (QED) is 0.574. The van der Waals surface area contributed by atoms with Crippen molar-refractivity contribution in [1.29, 1.82) is 0 Å². The van der Waals surface area contributed by atoms with Gasteiger partial charge >= 0.3 is 0 Å². The van der Waals surface area contributed by atoms with Gasteiger partial charge in [-0.25, -0.2) is 4.68 Å². The maximum Gasteiger partial charge on any atom is 0.241 e. The van der Waals surface area contributed by atoms with Crippen molar-refractivity contribution in [2.24, 2.45) is 0 Å². The molecule has 1 aliphatic rings. The summed E-state index contributed by atoms with van der Waals surface area (Å²) in [7, 11) is 1.59. The molecule has 2 N–H and O–H groups in total. The van der Waals surface area contributed by atoms with E-state index in [0.717, 1.165) is 28.5 Å². The first-order valence-electron chi connectivity index (χ1n) is 9.01. The first-order chi connectivity index (χ1) is 13.7. The molecule has 2 aromatic rings. The third-order valence-electron chi connectivity index (χ3n) is 4.14. The molecule has 0 bridgehead atoms. The van der Waals surface area contributed by atoms with Crippen molar-refractivity contribution in [1.82, 2.24) is 15.1 Å². The summed E-state index contributed by atoms with van der Waals surface area (Å²) in [5, 5.41) is 10.3. The largest absolute Gasteiger partial charge is 0.383 e. The predicted octanol–water partition coefficient (Wildman–Crippen LogP) is 2.26. The molecule has 9 heteroatoms. The predicted molar refractivity (Wildman–Crippen MR) is 113 cm³/mol. The van der Waals surface area contributed by atoms with Crippen LogP contribution in [0.1, 0.15) is 16.8 Å². The number of fused-ring (bicyclic) bond motifs is 1. The highest BCUT2D eigenvalue weighted by atomic mass is 32.2. The number of nitrogens with one attached hydrogen (secondary N) is 2. The zero-order chi connectivity index (χ0) is 19.8. The lowest BCUT2D eigenvalue weighted by Crippen LogP contribution is -2.31. The Bertz CT molecular complexity index is 811. The van der Waals surface area contributed by atoms with E-state index in [1.165, 1.54) is 5.56 Å². The number of carbonyl (C=O) groups excluding carboxylic acids is 2. The fourth-order valence-corrected chi connectivity index (χ4v) is 4.63. The number of rotatable bonds is 10. The van der Waals surface area contributed by atoms with Gasteiger partial charge in [0.25, 0.3) is 0 Å². The lowest BCUT2D eigenvalue weighted by atomic mass is 10.2. The Kier molecular flexibility index (Phi) is 7.81. The van der Waals surface area contributed by atoms with Gasteiger partial charge in [-0.15, -0.1) is 11.8 Å². The van der Waals surface area contributed by atoms with E-state index >= 15 is 0 Å². The van der Waals surface area contributed by atoms with Gasteiger partial charge in [-0.2, -0.15) is 16.9 Å². The number of methoxy groups -OCH3 is 1. The second-order valence-electron chi connectivity index (χ2n) is 6.29. The first kappa shape index (κ1) is 20.8. The van der Waals surface area contributed by atoms with Crippen LogP contribution in [0.2, 0.25) is 0 Å². The summed E-state index contributed by atoms with van der Waals surface area (Å²) >= 11 is 3.32. The summed E-state index contributed by atoms with van der Waals surface area (Å²) < 4.78 is 6.54. The van der Waals surface area contributed by atoms with Crippen LogP contribution in [-0.4, -0.2) is 47.6 Å². The van der Waals surface area contributed by atoms with E-state index in [2.05, 4.69) is 15.7 Å². The Labute approximate surface area is 173 Å². The Morgan fingerprint density at radius 3 is 2.86 bits per heavy atom. The SMILES string of the molecule is COCCNC(=O)Cn1nc2c(c1NC(=O)CSCc1ccccc1)CSC2. The minimum absolute atomic E-state index is 0.0775. The molecule has 2 heterocycles. The molecule has 0 radical (unpaired) electrons. The number of nitrogens with zero attached hydrogens (tertiary/aromatic N) is 2. The van der Waals surface area contributed by atoms with Gasteiger partial charge in [0.2, 0.25) is 11.8 Å². The molecule has 0 saturated heterocycles. The summed E-state index contributed by atoms with van der Waals surface area (Å²) in [5.41, 5.74) is 3.16. The van der Waals surface area contributed by atoms with Crippen LogP contribution in [0, 0.1) is 0 Å². The van der Waals surface area contributed by atoms with Crippen LogP contribution >= 0.6 is 23.5 Å². The van der Waals surface area contributed by atoms with Crippen molar-refractivity contribution >= 4 is 41.2 Å². The number of carbonyl (C=O) groups is 2. The van der Waals surface area contributed by atoms with E-state index < -0.39 is 0 Å². The van der Waals surface area contributed by atoms with Crippen molar-refractivity contribution < 1.29 is 14.3 Å². The molecule has 1 aromatic carbocycles. The van der Waals surface area contributed by atoms with Gasteiger partial charge in [0.15, 0.2) is 0 Å². The van der Waals surface area contributed by atoms with Gasteiger partial charge in [-0.3, -0.25) is 9.59 Å². The molecule has 0 unspecified atom stereocenters. The molecule has 1 aromatic heterocycles. The molecule has 0 aliphatic carbocycles. The zero-order valence-corrected chi connectivity index (χ0v) is 17.4. The normalized spacial score (nSPS) is 12.6. The number of aromatic nitrogens is 2. The van der Waals surface area contributed by atoms with E-state index in [4.69, 9.17) is 4.74 Å². The highest BCUT2D eigenvalue weighted by Crippen LogP contribution is 2.34. The van der Waals surface area contributed by atoms with Crippen LogP contribution in [0.3, 0.4) is 0 Å². The third-order valence-corrected chi connectivity index (χ3v) is 6.12. The minimum atomic E-state index is -0.153. The van der Waals surface area contributed by atoms with Crippen molar-refractivity contribution in [3.63, 3.8) is 0 Å². The van der Waals surface area contributed by atoms with Crippen LogP contribution in [-0.2, 0) is 38.1 Å². The smallest absolute Gasteiger partial charge is 0.241 e. The van der Waals surface area contributed by atoms with Crippen molar-refractivity contribution in [3.8, 4) is 0 Å². The molecule has 0 saturated carbocycles. The number of amides is 2. The Morgan fingerprint density at radius 1 is 1.25 bits per heavy atom. The molecule has 150 valence electrons. The minimum Gasteiger partial charge on any atom is -0.383 e. The Hall–Kier alpha value is -1.97. The molecular weight excluding hydrogens is 396 g/mol. The van der Waals surface area contributed by atoms with Crippen LogP contribution in [0.4, 0.5) is 5.82 Å². The second kappa shape index (κ2) is 10.5. The summed E-state index contributed by atoms with van der Waals surface area (Å²) in [6.45, 7) is 0.984.